The van der Waals surface area contributed by atoms with E-state index in [0.717, 1.165) is 11.1 Å². The molecule has 4 aromatic rings. The zero-order valence-electron chi connectivity index (χ0n) is 18.5. The predicted octanol–water partition coefficient (Wildman–Crippen LogP) is 4.29. The quantitative estimate of drug-likeness (QED) is 0.368. The lowest BCUT2D eigenvalue weighted by Gasteiger charge is -2.26. The summed E-state index contributed by atoms with van der Waals surface area (Å²) in [5, 5.41) is 27.2. The number of carbonyl (C=O) groups is 1. The smallest absolute Gasteiger partial charge is 0.273 e. The number of benzene rings is 3. The molecule has 0 aliphatic carbocycles. The van der Waals surface area contributed by atoms with Gasteiger partial charge in [0.05, 0.1) is 6.04 Å². The third-order valence-corrected chi connectivity index (χ3v) is 6.00. The monoisotopic (exact) mass is 455 g/mol. The first kappa shape index (κ1) is 21.7. The van der Waals surface area contributed by atoms with E-state index in [1.54, 1.807) is 23.1 Å². The van der Waals surface area contributed by atoms with Gasteiger partial charge in [-0.2, -0.15) is 5.10 Å². The van der Waals surface area contributed by atoms with Gasteiger partial charge in [0.15, 0.2) is 0 Å². The number of nitrogens with zero attached hydrogens (tertiary/aromatic N) is 2. The fourth-order valence-corrected chi connectivity index (χ4v) is 4.41. The number of para-hydroxylation sites is 1. The van der Waals surface area contributed by atoms with Gasteiger partial charge in [0.1, 0.15) is 29.5 Å². The molecule has 3 N–H and O–H groups in total. The first-order chi connectivity index (χ1) is 16.7. The molecule has 1 aliphatic heterocycles. The van der Waals surface area contributed by atoms with Crippen LogP contribution in [0.1, 0.15) is 39.6 Å². The third kappa shape index (κ3) is 4.02. The van der Waals surface area contributed by atoms with Crippen molar-refractivity contribution < 1.29 is 19.7 Å². The van der Waals surface area contributed by atoms with Crippen LogP contribution in [0, 0.1) is 0 Å². The van der Waals surface area contributed by atoms with E-state index in [1.165, 1.54) is 0 Å². The Morgan fingerprint density at radius 1 is 1.00 bits per heavy atom. The summed E-state index contributed by atoms with van der Waals surface area (Å²) >= 11 is 0. The van der Waals surface area contributed by atoms with E-state index >= 15 is 0 Å². The van der Waals surface area contributed by atoms with E-state index in [1.807, 2.05) is 60.7 Å². The fourth-order valence-electron chi connectivity index (χ4n) is 4.41. The average Bonchev–Trinajstić information content (AvgIpc) is 3.41. The highest BCUT2D eigenvalue weighted by molar-refractivity contribution is 6.00. The normalized spacial score (nSPS) is 14.9. The minimum atomic E-state index is -0.428. The van der Waals surface area contributed by atoms with E-state index in [0.29, 0.717) is 47.8 Å². The highest BCUT2D eigenvalue weighted by Gasteiger charge is 2.42. The van der Waals surface area contributed by atoms with Gasteiger partial charge < -0.3 is 19.8 Å². The lowest BCUT2D eigenvalue weighted by atomic mass is 9.95. The molecule has 34 heavy (non-hydrogen) atoms. The second kappa shape index (κ2) is 9.41. The van der Waals surface area contributed by atoms with Crippen LogP contribution in [0.25, 0.3) is 11.3 Å². The Kier molecular flexibility index (Phi) is 6.01. The summed E-state index contributed by atoms with van der Waals surface area (Å²) in [5.41, 5.74) is 4.13. The minimum absolute atomic E-state index is 0.0186. The molecule has 0 saturated carbocycles. The van der Waals surface area contributed by atoms with Gasteiger partial charge in [-0.05, 0) is 41.8 Å². The zero-order valence-corrected chi connectivity index (χ0v) is 18.5. The number of nitrogens with one attached hydrogen (secondary N) is 1. The van der Waals surface area contributed by atoms with Crippen LogP contribution in [0.5, 0.6) is 11.5 Å². The Morgan fingerprint density at radius 3 is 2.59 bits per heavy atom. The molecule has 5 rings (SSSR count). The lowest BCUT2D eigenvalue weighted by molar-refractivity contribution is 0.0732. The van der Waals surface area contributed by atoms with Crippen molar-refractivity contribution in [3.05, 3.63) is 101 Å². The second-order valence-electron chi connectivity index (χ2n) is 8.20. The number of aliphatic hydroxyl groups excluding tert-OH is 1. The number of ether oxygens (including phenoxy) is 1. The largest absolute Gasteiger partial charge is 0.507 e. The van der Waals surface area contributed by atoms with Crippen molar-refractivity contribution in [3.8, 4) is 22.8 Å². The number of rotatable bonds is 8. The van der Waals surface area contributed by atoms with Crippen molar-refractivity contribution in [2.24, 2.45) is 0 Å². The van der Waals surface area contributed by atoms with Crippen LogP contribution in [-0.2, 0) is 6.61 Å². The number of hydrogen-bond donors (Lipinski definition) is 3. The van der Waals surface area contributed by atoms with Crippen LogP contribution >= 0.6 is 0 Å². The van der Waals surface area contributed by atoms with Crippen molar-refractivity contribution in [1.82, 2.24) is 15.1 Å². The van der Waals surface area contributed by atoms with Crippen LogP contribution in [-0.4, -0.2) is 44.4 Å². The van der Waals surface area contributed by atoms with Gasteiger partial charge in [-0.3, -0.25) is 9.89 Å². The number of aliphatic hydroxyl groups is 1. The molecule has 1 amide bonds. The molecular weight excluding hydrogens is 430 g/mol. The number of phenolic OH excluding ortho intramolecular Hbond substituents is 1. The fraction of sp³-hybridized carbons (Fsp3) is 0.185. The van der Waals surface area contributed by atoms with Crippen molar-refractivity contribution in [1.29, 1.82) is 0 Å². The molecule has 2 heterocycles. The van der Waals surface area contributed by atoms with E-state index < -0.39 is 6.04 Å². The van der Waals surface area contributed by atoms with E-state index in [-0.39, 0.29) is 18.3 Å². The molecule has 1 atom stereocenters. The number of H-pyrrole nitrogens is 1. The molecule has 0 spiro atoms. The maximum atomic E-state index is 13.3. The molecule has 172 valence electrons. The van der Waals surface area contributed by atoms with Gasteiger partial charge in [0, 0.05) is 24.3 Å². The van der Waals surface area contributed by atoms with Crippen LogP contribution in [0.2, 0.25) is 0 Å². The van der Waals surface area contributed by atoms with Gasteiger partial charge in [-0.25, -0.2) is 0 Å². The Bertz CT molecular complexity index is 1300. The summed E-state index contributed by atoms with van der Waals surface area (Å²) in [6.45, 7) is 0.801. The summed E-state index contributed by atoms with van der Waals surface area (Å²) in [4.78, 5) is 15.0. The van der Waals surface area contributed by atoms with E-state index in [2.05, 4.69) is 10.2 Å². The Labute approximate surface area is 197 Å². The van der Waals surface area contributed by atoms with Crippen LogP contribution in [0.15, 0.2) is 78.9 Å². The first-order valence-corrected chi connectivity index (χ1v) is 11.2. The van der Waals surface area contributed by atoms with Crippen molar-refractivity contribution in [3.63, 3.8) is 0 Å². The second-order valence-corrected chi connectivity index (χ2v) is 8.20. The molecule has 1 aromatic heterocycles. The number of carbonyl (C=O) groups excluding carboxylic acids is 1. The number of aromatic amines is 1. The van der Waals surface area contributed by atoms with Crippen molar-refractivity contribution >= 4 is 5.91 Å². The van der Waals surface area contributed by atoms with Crippen molar-refractivity contribution in [2.45, 2.75) is 19.1 Å². The maximum Gasteiger partial charge on any atom is 0.273 e. The number of phenols is 1. The number of amides is 1. The predicted molar refractivity (Wildman–Crippen MR) is 127 cm³/mol. The molecule has 3 aromatic carbocycles. The molecule has 7 heteroatoms. The number of aromatic nitrogens is 2. The van der Waals surface area contributed by atoms with Crippen LogP contribution in [0.4, 0.5) is 0 Å². The molecule has 0 bridgehead atoms. The van der Waals surface area contributed by atoms with Gasteiger partial charge in [0.2, 0.25) is 0 Å². The van der Waals surface area contributed by atoms with E-state index in [9.17, 15) is 15.0 Å². The topological polar surface area (TPSA) is 98.7 Å². The Balaban J connectivity index is 1.54. The molecule has 7 nitrogen and oxygen atoms in total. The molecule has 1 aliphatic rings. The number of fused-ring (bicyclic) bond motifs is 1. The van der Waals surface area contributed by atoms with Gasteiger partial charge in [-0.15, -0.1) is 0 Å². The molecule has 0 unspecified atom stereocenters. The van der Waals surface area contributed by atoms with Crippen molar-refractivity contribution in [2.75, 3.05) is 13.2 Å². The standard InChI is InChI=1S/C27H25N3O4/c31-15-7-14-30-26(19-10-6-11-20(16-19)34-17-18-8-2-1-3-9-18)23-24(28-29-25(23)27(30)33)21-12-4-5-13-22(21)32/h1-6,8-13,16,26,31-32H,7,14-15,17H2,(H,28,29)/t26-/m1/s1. The summed E-state index contributed by atoms with van der Waals surface area (Å²) < 4.78 is 6.03. The van der Waals surface area contributed by atoms with Crippen LogP contribution < -0.4 is 4.74 Å². The zero-order chi connectivity index (χ0) is 23.5. The van der Waals surface area contributed by atoms with E-state index in [4.69, 9.17) is 4.74 Å². The Morgan fingerprint density at radius 2 is 1.79 bits per heavy atom. The van der Waals surface area contributed by atoms with Gasteiger partial charge in [-0.1, -0.05) is 54.6 Å². The molecular formula is C27H25N3O4. The summed E-state index contributed by atoms with van der Waals surface area (Å²) in [6.07, 6.45) is 0.454. The first-order valence-electron chi connectivity index (χ1n) is 11.2. The Hall–Kier alpha value is -4.10. The SMILES string of the molecule is O=C1c2[nH]nc(-c3ccccc3O)c2[C@@H](c2cccc(OCc3ccccc3)c2)N1CCCO. The molecule has 0 saturated heterocycles. The summed E-state index contributed by atoms with van der Waals surface area (Å²) in [5.74, 6) is 0.604. The van der Waals surface area contributed by atoms with Gasteiger partial charge >= 0.3 is 0 Å². The summed E-state index contributed by atoms with van der Waals surface area (Å²) in [7, 11) is 0. The highest BCUT2D eigenvalue weighted by Crippen LogP contribution is 2.44. The lowest BCUT2D eigenvalue weighted by Crippen LogP contribution is -2.31. The molecule has 0 radical (unpaired) electrons. The molecule has 0 fully saturated rings. The minimum Gasteiger partial charge on any atom is -0.507 e. The van der Waals surface area contributed by atoms with Crippen LogP contribution in [0.3, 0.4) is 0 Å². The van der Waals surface area contributed by atoms with Gasteiger partial charge in [0.25, 0.3) is 5.91 Å². The number of hydrogen-bond acceptors (Lipinski definition) is 5. The summed E-state index contributed by atoms with van der Waals surface area (Å²) in [6, 6.07) is 24.1. The maximum absolute atomic E-state index is 13.3. The third-order valence-electron chi connectivity index (χ3n) is 6.00. The number of aromatic hydroxyl groups is 1. The highest BCUT2D eigenvalue weighted by atomic mass is 16.5. The average molecular weight is 456 g/mol.